The second-order valence-corrected chi connectivity index (χ2v) is 6.76. The molecule has 6 nitrogen and oxygen atoms in total. The van der Waals surface area contributed by atoms with Crippen molar-refractivity contribution in [3.8, 4) is 11.3 Å². The largest absolute Gasteiger partial charge is 0.321 e. The number of carbonyl (C=O) groups is 1. The Balaban J connectivity index is 1.76. The van der Waals surface area contributed by atoms with Gasteiger partial charge in [-0.05, 0) is 31.2 Å². The lowest BCUT2D eigenvalue weighted by molar-refractivity contribution is 0.102. The Morgan fingerprint density at radius 2 is 1.76 bits per heavy atom. The first-order valence-corrected chi connectivity index (χ1v) is 9.25. The van der Waals surface area contributed by atoms with Crippen LogP contribution >= 0.6 is 0 Å². The predicted octanol–water partition coefficient (Wildman–Crippen LogP) is 4.51. The number of rotatable bonds is 3. The van der Waals surface area contributed by atoms with Crippen molar-refractivity contribution in [1.29, 1.82) is 0 Å². The summed E-state index contributed by atoms with van der Waals surface area (Å²) in [6.07, 6.45) is 5.10. The smallest absolute Gasteiger partial charge is 0.258 e. The molecular formula is C23H17N5O. The van der Waals surface area contributed by atoms with Crippen LogP contribution in [0.2, 0.25) is 0 Å². The Labute approximate surface area is 166 Å². The van der Waals surface area contributed by atoms with Crippen molar-refractivity contribution < 1.29 is 4.79 Å². The monoisotopic (exact) mass is 379 g/mol. The van der Waals surface area contributed by atoms with E-state index in [2.05, 4.69) is 20.3 Å². The average Bonchev–Trinajstić information content (AvgIpc) is 3.11. The molecule has 0 aliphatic rings. The molecule has 0 saturated carbocycles. The molecule has 0 saturated heterocycles. The van der Waals surface area contributed by atoms with Crippen LogP contribution in [-0.2, 0) is 0 Å². The molecular weight excluding hydrogens is 362 g/mol. The SMILES string of the molecule is Cc1ccc(NC(=O)c2c3c(-c4ccccc4)ncnc3n3ccccc23)cn1. The maximum Gasteiger partial charge on any atom is 0.258 e. The number of nitrogens with zero attached hydrogens (tertiary/aromatic N) is 4. The van der Waals surface area contributed by atoms with Crippen LogP contribution in [0.1, 0.15) is 16.1 Å². The third-order valence-electron chi connectivity index (χ3n) is 4.86. The van der Waals surface area contributed by atoms with Gasteiger partial charge in [-0.25, -0.2) is 9.97 Å². The van der Waals surface area contributed by atoms with E-state index in [1.54, 1.807) is 6.20 Å². The molecule has 1 aromatic carbocycles. The van der Waals surface area contributed by atoms with Crippen molar-refractivity contribution in [2.45, 2.75) is 6.92 Å². The van der Waals surface area contributed by atoms with Crippen LogP contribution in [0.4, 0.5) is 5.69 Å². The normalized spacial score (nSPS) is 11.1. The first-order chi connectivity index (χ1) is 14.2. The highest BCUT2D eigenvalue weighted by Gasteiger charge is 2.23. The number of nitrogens with one attached hydrogen (secondary N) is 1. The van der Waals surface area contributed by atoms with E-state index in [4.69, 9.17) is 0 Å². The molecule has 1 N–H and O–H groups in total. The zero-order chi connectivity index (χ0) is 19.8. The number of hydrogen-bond acceptors (Lipinski definition) is 4. The standard InChI is InChI=1S/C23H17N5O/c1-15-10-11-17(13-24-15)27-23(29)19-18-9-5-6-12-28(18)22-20(19)21(25-14-26-22)16-7-3-2-4-8-16/h2-14H,1H3,(H,27,29). The molecule has 5 rings (SSSR count). The van der Waals surface area contributed by atoms with Gasteiger partial charge in [0.2, 0.25) is 0 Å². The zero-order valence-corrected chi connectivity index (χ0v) is 15.7. The predicted molar refractivity (Wildman–Crippen MR) is 113 cm³/mol. The van der Waals surface area contributed by atoms with Gasteiger partial charge < -0.3 is 9.72 Å². The number of aryl methyl sites for hydroxylation is 1. The van der Waals surface area contributed by atoms with E-state index in [1.807, 2.05) is 78.2 Å². The molecule has 0 fully saturated rings. The Hall–Kier alpha value is -4.06. The second-order valence-electron chi connectivity index (χ2n) is 6.76. The Morgan fingerprint density at radius 3 is 2.55 bits per heavy atom. The summed E-state index contributed by atoms with van der Waals surface area (Å²) in [7, 11) is 0. The van der Waals surface area contributed by atoms with E-state index in [1.165, 1.54) is 6.33 Å². The summed E-state index contributed by atoms with van der Waals surface area (Å²) >= 11 is 0. The summed E-state index contributed by atoms with van der Waals surface area (Å²) in [6.45, 7) is 1.91. The van der Waals surface area contributed by atoms with Gasteiger partial charge in [-0.15, -0.1) is 0 Å². The molecule has 29 heavy (non-hydrogen) atoms. The van der Waals surface area contributed by atoms with E-state index in [0.717, 1.165) is 27.9 Å². The lowest BCUT2D eigenvalue weighted by atomic mass is 10.0. The number of aromatic nitrogens is 4. The van der Waals surface area contributed by atoms with Crippen LogP contribution in [0.3, 0.4) is 0 Å². The van der Waals surface area contributed by atoms with E-state index in [9.17, 15) is 4.79 Å². The fourth-order valence-electron chi connectivity index (χ4n) is 3.53. The minimum atomic E-state index is -0.221. The fourth-order valence-corrected chi connectivity index (χ4v) is 3.53. The number of carbonyl (C=O) groups excluding carboxylic acids is 1. The van der Waals surface area contributed by atoms with Gasteiger partial charge in [0.05, 0.1) is 34.0 Å². The first-order valence-electron chi connectivity index (χ1n) is 9.25. The average molecular weight is 379 g/mol. The van der Waals surface area contributed by atoms with Gasteiger partial charge in [-0.2, -0.15) is 0 Å². The quantitative estimate of drug-likeness (QED) is 0.501. The van der Waals surface area contributed by atoms with Crippen LogP contribution in [0.15, 0.2) is 79.4 Å². The first kappa shape index (κ1) is 17.1. The molecule has 4 heterocycles. The van der Waals surface area contributed by atoms with Crippen LogP contribution in [0.25, 0.3) is 27.8 Å². The molecule has 4 aromatic heterocycles. The van der Waals surface area contributed by atoms with Gasteiger partial charge >= 0.3 is 0 Å². The molecule has 0 unspecified atom stereocenters. The zero-order valence-electron chi connectivity index (χ0n) is 15.7. The van der Waals surface area contributed by atoms with Crippen molar-refractivity contribution in [3.05, 3.63) is 90.6 Å². The molecule has 0 aliphatic heterocycles. The summed E-state index contributed by atoms with van der Waals surface area (Å²) < 4.78 is 1.92. The molecule has 5 aromatic rings. The molecule has 0 radical (unpaired) electrons. The van der Waals surface area contributed by atoms with Gasteiger partial charge in [0, 0.05) is 17.5 Å². The highest BCUT2D eigenvalue weighted by Crippen LogP contribution is 2.33. The summed E-state index contributed by atoms with van der Waals surface area (Å²) in [5, 5.41) is 3.69. The highest BCUT2D eigenvalue weighted by atomic mass is 16.1. The van der Waals surface area contributed by atoms with Crippen molar-refractivity contribution >= 4 is 28.1 Å². The van der Waals surface area contributed by atoms with Gasteiger partial charge in [0.1, 0.15) is 12.0 Å². The minimum absolute atomic E-state index is 0.221. The second kappa shape index (κ2) is 6.83. The van der Waals surface area contributed by atoms with Gasteiger partial charge in [0.15, 0.2) is 0 Å². The Morgan fingerprint density at radius 1 is 0.931 bits per heavy atom. The number of anilines is 1. The van der Waals surface area contributed by atoms with Crippen LogP contribution in [-0.4, -0.2) is 25.3 Å². The van der Waals surface area contributed by atoms with E-state index in [0.29, 0.717) is 16.9 Å². The van der Waals surface area contributed by atoms with Gasteiger partial charge in [0.25, 0.3) is 5.91 Å². The van der Waals surface area contributed by atoms with Crippen molar-refractivity contribution in [2.24, 2.45) is 0 Å². The van der Waals surface area contributed by atoms with Crippen molar-refractivity contribution in [2.75, 3.05) is 5.32 Å². The van der Waals surface area contributed by atoms with Gasteiger partial charge in [-0.3, -0.25) is 9.78 Å². The molecule has 140 valence electrons. The third kappa shape index (κ3) is 2.91. The fraction of sp³-hybridized carbons (Fsp3) is 0.0435. The maximum absolute atomic E-state index is 13.4. The van der Waals surface area contributed by atoms with Crippen LogP contribution in [0.5, 0.6) is 0 Å². The minimum Gasteiger partial charge on any atom is -0.321 e. The lowest BCUT2D eigenvalue weighted by Crippen LogP contribution is -2.12. The summed E-state index contributed by atoms with van der Waals surface area (Å²) in [5.41, 5.74) is 5.21. The van der Waals surface area contributed by atoms with E-state index in [-0.39, 0.29) is 5.91 Å². The van der Waals surface area contributed by atoms with Crippen LogP contribution < -0.4 is 5.32 Å². The third-order valence-corrected chi connectivity index (χ3v) is 4.86. The molecule has 0 atom stereocenters. The Kier molecular flexibility index (Phi) is 4.02. The lowest BCUT2D eigenvalue weighted by Gasteiger charge is -2.07. The molecule has 0 aliphatic carbocycles. The summed E-state index contributed by atoms with van der Waals surface area (Å²) in [6, 6.07) is 19.3. The van der Waals surface area contributed by atoms with Crippen molar-refractivity contribution in [1.82, 2.24) is 19.4 Å². The molecule has 6 heteroatoms. The number of benzene rings is 1. The van der Waals surface area contributed by atoms with Crippen molar-refractivity contribution in [3.63, 3.8) is 0 Å². The number of pyridine rings is 2. The Bertz CT molecular complexity index is 1340. The summed E-state index contributed by atoms with van der Waals surface area (Å²) in [5.74, 6) is -0.221. The topological polar surface area (TPSA) is 72.2 Å². The maximum atomic E-state index is 13.4. The highest BCUT2D eigenvalue weighted by molar-refractivity contribution is 6.20. The van der Waals surface area contributed by atoms with E-state index >= 15 is 0 Å². The summed E-state index contributed by atoms with van der Waals surface area (Å²) in [4.78, 5) is 26.6. The van der Waals surface area contributed by atoms with Crippen LogP contribution in [0, 0.1) is 6.92 Å². The molecule has 0 spiro atoms. The van der Waals surface area contributed by atoms with Gasteiger partial charge in [-0.1, -0.05) is 36.4 Å². The number of amides is 1. The number of hydrogen-bond donors (Lipinski definition) is 1. The molecule has 0 bridgehead atoms. The molecule has 1 amide bonds. The number of fused-ring (bicyclic) bond motifs is 3. The van der Waals surface area contributed by atoms with E-state index < -0.39 is 0 Å².